The molecular weight excluding hydrogens is 442 g/mol. The van der Waals surface area contributed by atoms with E-state index in [9.17, 15) is 19.2 Å². The predicted octanol–water partition coefficient (Wildman–Crippen LogP) is 3.04. The molecule has 3 N–H and O–H groups in total. The predicted molar refractivity (Wildman–Crippen MR) is 126 cm³/mol. The molecule has 0 bridgehead atoms. The van der Waals surface area contributed by atoms with Gasteiger partial charge in [0.1, 0.15) is 23.9 Å². The number of esters is 1. The fourth-order valence-corrected chi connectivity index (χ4v) is 2.57. The number of hydrogen-bond donors (Lipinski definition) is 3. The minimum Gasteiger partial charge on any atom is -0.461 e. The van der Waals surface area contributed by atoms with Crippen LogP contribution in [0.25, 0.3) is 0 Å². The number of hydrogen-bond acceptors (Lipinski definition) is 7. The summed E-state index contributed by atoms with van der Waals surface area (Å²) in [5.41, 5.74) is -0.549. The summed E-state index contributed by atoms with van der Waals surface area (Å²) in [5, 5.41) is 7.65. The third-order valence-corrected chi connectivity index (χ3v) is 3.98. The SMILES string of the molecule is CC(C)(C)OC(=O)NCC[C@@H](NC(=O)OC(C)(C)C)C(=O)NCCC(=O)OCc1ccccc1. The highest BCUT2D eigenvalue weighted by Crippen LogP contribution is 2.08. The highest BCUT2D eigenvalue weighted by Gasteiger charge is 2.25. The Labute approximate surface area is 201 Å². The van der Waals surface area contributed by atoms with Crippen molar-refractivity contribution in [3.05, 3.63) is 35.9 Å². The minimum absolute atomic E-state index is 0.0262. The van der Waals surface area contributed by atoms with E-state index in [1.807, 2.05) is 30.3 Å². The summed E-state index contributed by atoms with van der Waals surface area (Å²) in [5.74, 6) is -0.986. The van der Waals surface area contributed by atoms with E-state index in [1.54, 1.807) is 41.5 Å². The van der Waals surface area contributed by atoms with Crippen molar-refractivity contribution in [3.63, 3.8) is 0 Å². The smallest absolute Gasteiger partial charge is 0.408 e. The normalized spacial score (nSPS) is 12.2. The molecule has 3 amide bonds. The zero-order chi connectivity index (χ0) is 25.8. The van der Waals surface area contributed by atoms with Crippen molar-refractivity contribution in [2.75, 3.05) is 13.1 Å². The minimum atomic E-state index is -0.995. The average molecular weight is 480 g/mol. The van der Waals surface area contributed by atoms with Crippen LogP contribution in [0.2, 0.25) is 0 Å². The van der Waals surface area contributed by atoms with Crippen LogP contribution in [-0.4, -0.2) is 54.4 Å². The number of carbonyl (C=O) groups is 4. The van der Waals surface area contributed by atoms with Gasteiger partial charge in [-0.05, 0) is 53.5 Å². The van der Waals surface area contributed by atoms with Gasteiger partial charge in [0.2, 0.25) is 5.91 Å². The number of carbonyl (C=O) groups excluding carboxylic acids is 4. The van der Waals surface area contributed by atoms with Crippen molar-refractivity contribution in [1.82, 2.24) is 16.0 Å². The number of rotatable bonds is 10. The van der Waals surface area contributed by atoms with Crippen LogP contribution >= 0.6 is 0 Å². The molecule has 0 saturated carbocycles. The number of amides is 3. The Balaban J connectivity index is 2.54. The van der Waals surface area contributed by atoms with Crippen molar-refractivity contribution in [1.29, 1.82) is 0 Å². The Morgan fingerprint density at radius 3 is 2.00 bits per heavy atom. The van der Waals surface area contributed by atoms with Crippen LogP contribution in [0.3, 0.4) is 0 Å². The maximum Gasteiger partial charge on any atom is 0.408 e. The second kappa shape index (κ2) is 13.4. The summed E-state index contributed by atoms with van der Waals surface area (Å²) in [4.78, 5) is 48.6. The van der Waals surface area contributed by atoms with E-state index in [2.05, 4.69) is 16.0 Å². The van der Waals surface area contributed by atoms with E-state index in [-0.39, 0.29) is 32.5 Å². The van der Waals surface area contributed by atoms with Crippen molar-refractivity contribution in [2.24, 2.45) is 0 Å². The van der Waals surface area contributed by atoms with Crippen LogP contribution in [0.4, 0.5) is 9.59 Å². The van der Waals surface area contributed by atoms with Gasteiger partial charge in [0.05, 0.1) is 6.42 Å². The van der Waals surface area contributed by atoms with Crippen LogP contribution in [-0.2, 0) is 30.4 Å². The Morgan fingerprint density at radius 1 is 0.824 bits per heavy atom. The number of benzene rings is 1. The third kappa shape index (κ3) is 14.0. The van der Waals surface area contributed by atoms with Gasteiger partial charge in [-0.15, -0.1) is 0 Å². The van der Waals surface area contributed by atoms with Gasteiger partial charge in [-0.3, -0.25) is 9.59 Å². The van der Waals surface area contributed by atoms with E-state index < -0.39 is 41.3 Å². The molecule has 0 unspecified atom stereocenters. The van der Waals surface area contributed by atoms with Gasteiger partial charge in [-0.2, -0.15) is 0 Å². The Hall–Kier alpha value is -3.30. The first kappa shape index (κ1) is 28.7. The van der Waals surface area contributed by atoms with Gasteiger partial charge in [0.25, 0.3) is 0 Å². The zero-order valence-electron chi connectivity index (χ0n) is 20.9. The molecule has 0 aliphatic heterocycles. The second-order valence-corrected chi connectivity index (χ2v) is 9.60. The average Bonchev–Trinajstić information content (AvgIpc) is 2.69. The standard InChI is InChI=1S/C24H37N3O7/c1-23(2,3)33-21(30)26-14-12-18(27-22(31)34-24(4,5)6)20(29)25-15-13-19(28)32-16-17-10-8-7-9-11-17/h7-11,18H,12-16H2,1-6H3,(H,25,29)(H,26,30)(H,27,31)/t18-/m1/s1. The van der Waals surface area contributed by atoms with Crippen LogP contribution in [0.5, 0.6) is 0 Å². The molecule has 10 nitrogen and oxygen atoms in total. The maximum atomic E-state index is 12.6. The molecule has 0 fully saturated rings. The molecule has 1 aromatic rings. The molecule has 34 heavy (non-hydrogen) atoms. The molecular formula is C24H37N3O7. The quantitative estimate of drug-likeness (QED) is 0.347. The van der Waals surface area contributed by atoms with Gasteiger partial charge in [-0.25, -0.2) is 9.59 Å². The summed E-state index contributed by atoms with van der Waals surface area (Å²) in [7, 11) is 0. The van der Waals surface area contributed by atoms with E-state index in [1.165, 1.54) is 0 Å². The third-order valence-electron chi connectivity index (χ3n) is 3.98. The molecule has 1 atom stereocenters. The number of alkyl carbamates (subject to hydrolysis) is 2. The van der Waals surface area contributed by atoms with Crippen molar-refractivity contribution >= 4 is 24.1 Å². The first-order chi connectivity index (χ1) is 15.7. The molecule has 0 aliphatic rings. The fraction of sp³-hybridized carbons (Fsp3) is 0.583. The molecule has 0 aromatic heterocycles. The summed E-state index contributed by atoms with van der Waals surface area (Å²) in [6.45, 7) is 10.5. The van der Waals surface area contributed by atoms with Gasteiger partial charge in [0.15, 0.2) is 0 Å². The van der Waals surface area contributed by atoms with Crippen molar-refractivity contribution in [2.45, 2.75) is 78.2 Å². The van der Waals surface area contributed by atoms with E-state index in [0.717, 1.165) is 5.56 Å². The van der Waals surface area contributed by atoms with Crippen molar-refractivity contribution < 1.29 is 33.4 Å². The summed E-state index contributed by atoms with van der Waals surface area (Å²) in [6.07, 6.45) is -1.35. The molecule has 1 aromatic carbocycles. The van der Waals surface area contributed by atoms with E-state index >= 15 is 0 Å². The topological polar surface area (TPSA) is 132 Å². The highest BCUT2D eigenvalue weighted by molar-refractivity contribution is 5.86. The summed E-state index contributed by atoms with van der Waals surface area (Å²) < 4.78 is 15.6. The number of ether oxygens (including phenoxy) is 3. The van der Waals surface area contributed by atoms with Crippen LogP contribution in [0.15, 0.2) is 30.3 Å². The van der Waals surface area contributed by atoms with Crippen LogP contribution in [0.1, 0.15) is 59.9 Å². The Kier molecular flexibility index (Phi) is 11.3. The number of nitrogens with one attached hydrogen (secondary N) is 3. The summed E-state index contributed by atoms with van der Waals surface area (Å²) >= 11 is 0. The van der Waals surface area contributed by atoms with E-state index in [0.29, 0.717) is 0 Å². The van der Waals surface area contributed by atoms with Crippen LogP contribution in [0, 0.1) is 0 Å². The van der Waals surface area contributed by atoms with Gasteiger partial charge < -0.3 is 30.2 Å². The zero-order valence-corrected chi connectivity index (χ0v) is 20.9. The van der Waals surface area contributed by atoms with Gasteiger partial charge >= 0.3 is 18.2 Å². The first-order valence-corrected chi connectivity index (χ1v) is 11.2. The van der Waals surface area contributed by atoms with Crippen LogP contribution < -0.4 is 16.0 Å². The molecule has 190 valence electrons. The molecule has 0 saturated heterocycles. The highest BCUT2D eigenvalue weighted by atomic mass is 16.6. The van der Waals surface area contributed by atoms with Crippen molar-refractivity contribution in [3.8, 4) is 0 Å². The molecule has 0 aliphatic carbocycles. The molecule has 0 heterocycles. The molecule has 0 spiro atoms. The lowest BCUT2D eigenvalue weighted by Crippen LogP contribution is -2.50. The molecule has 0 radical (unpaired) electrons. The Bertz CT molecular complexity index is 814. The van der Waals surface area contributed by atoms with Gasteiger partial charge in [-0.1, -0.05) is 30.3 Å². The monoisotopic (exact) mass is 479 g/mol. The lowest BCUT2D eigenvalue weighted by atomic mass is 10.2. The second-order valence-electron chi connectivity index (χ2n) is 9.60. The lowest BCUT2D eigenvalue weighted by molar-refractivity contribution is -0.144. The van der Waals surface area contributed by atoms with E-state index in [4.69, 9.17) is 14.2 Å². The largest absolute Gasteiger partial charge is 0.461 e. The Morgan fingerprint density at radius 2 is 1.41 bits per heavy atom. The molecule has 1 rings (SSSR count). The first-order valence-electron chi connectivity index (χ1n) is 11.2. The van der Waals surface area contributed by atoms with Gasteiger partial charge in [0, 0.05) is 13.1 Å². The fourth-order valence-electron chi connectivity index (χ4n) is 2.57. The lowest BCUT2D eigenvalue weighted by Gasteiger charge is -2.24. The molecule has 10 heteroatoms. The maximum absolute atomic E-state index is 12.6. The summed E-state index contributed by atoms with van der Waals surface area (Å²) in [6, 6.07) is 8.24.